The second kappa shape index (κ2) is 8.16. The first-order valence-electron chi connectivity index (χ1n) is 8.30. The summed E-state index contributed by atoms with van der Waals surface area (Å²) in [5.41, 5.74) is 7.74. The van der Waals surface area contributed by atoms with Crippen molar-refractivity contribution in [2.45, 2.75) is 45.4 Å². The number of rotatable bonds is 8. The van der Waals surface area contributed by atoms with E-state index < -0.39 is 8.32 Å². The van der Waals surface area contributed by atoms with E-state index in [1.54, 1.807) is 0 Å². The van der Waals surface area contributed by atoms with Crippen LogP contribution in [0.2, 0.25) is 18.1 Å². The lowest BCUT2D eigenvalue weighted by molar-refractivity contribution is 0.311. The fraction of sp³-hybridized carbons (Fsp3) is 0.588. The third-order valence-electron chi connectivity index (χ3n) is 4.57. The van der Waals surface area contributed by atoms with Crippen molar-refractivity contribution in [2.75, 3.05) is 23.8 Å². The summed E-state index contributed by atoms with van der Waals surface area (Å²) in [5.74, 6) is 2.07. The van der Waals surface area contributed by atoms with Crippen molar-refractivity contribution in [1.82, 2.24) is 9.78 Å². The van der Waals surface area contributed by atoms with Crippen LogP contribution in [-0.2, 0) is 11.0 Å². The normalized spacial score (nSPS) is 12.9. The van der Waals surface area contributed by atoms with Gasteiger partial charge in [0.2, 0.25) is 0 Å². The van der Waals surface area contributed by atoms with Gasteiger partial charge in [0.25, 0.3) is 0 Å². The number of nitrogens with two attached hydrogens (primary N) is 1. The molecular weight excluding hydrogens is 354 g/mol. The minimum absolute atomic E-state index is 0.287. The quantitative estimate of drug-likeness (QED) is 0.300. The highest BCUT2D eigenvalue weighted by Crippen LogP contribution is 2.36. The topological polar surface area (TPSA) is 53.1 Å². The molecule has 0 saturated carbocycles. The number of benzene rings is 1. The Morgan fingerprint density at radius 2 is 1.92 bits per heavy atom. The molecule has 0 bridgehead atoms. The number of nitrogen functional groups attached to an aromatic ring is 1. The molecule has 1 heterocycles. The van der Waals surface area contributed by atoms with E-state index in [0.29, 0.717) is 0 Å². The van der Waals surface area contributed by atoms with Crippen molar-refractivity contribution < 1.29 is 4.43 Å². The second-order valence-corrected chi connectivity index (χ2v) is 15.0. The molecule has 0 aliphatic heterocycles. The Balaban J connectivity index is 1.66. The van der Waals surface area contributed by atoms with E-state index in [9.17, 15) is 0 Å². The zero-order valence-electron chi connectivity index (χ0n) is 15.3. The first kappa shape index (κ1) is 19.7. The van der Waals surface area contributed by atoms with Crippen LogP contribution in [0.4, 0.5) is 5.69 Å². The van der Waals surface area contributed by atoms with Gasteiger partial charge in [0.15, 0.2) is 8.32 Å². The van der Waals surface area contributed by atoms with Gasteiger partial charge in [-0.1, -0.05) is 42.4 Å². The molecule has 0 saturated heterocycles. The highest BCUT2D eigenvalue weighted by Gasteiger charge is 2.36. The van der Waals surface area contributed by atoms with Gasteiger partial charge in [-0.25, -0.2) is 0 Å². The molecular formula is C17H29N3OS2Si. The van der Waals surface area contributed by atoms with E-state index in [0.717, 1.165) is 41.2 Å². The summed E-state index contributed by atoms with van der Waals surface area (Å²) in [6.07, 6.45) is 1.89. The summed E-state index contributed by atoms with van der Waals surface area (Å²) in [6.45, 7) is 13.2. The Morgan fingerprint density at radius 3 is 2.62 bits per heavy atom. The second-order valence-electron chi connectivity index (χ2n) is 7.44. The first-order chi connectivity index (χ1) is 11.2. The maximum atomic E-state index is 6.19. The van der Waals surface area contributed by atoms with E-state index in [-0.39, 0.29) is 5.04 Å². The van der Waals surface area contributed by atoms with Gasteiger partial charge < -0.3 is 10.2 Å². The molecule has 0 aliphatic carbocycles. The van der Waals surface area contributed by atoms with Crippen LogP contribution in [0.15, 0.2) is 24.4 Å². The van der Waals surface area contributed by atoms with Gasteiger partial charge in [0.1, 0.15) is 0 Å². The van der Waals surface area contributed by atoms with E-state index in [4.69, 9.17) is 10.2 Å². The average molecular weight is 384 g/mol. The summed E-state index contributed by atoms with van der Waals surface area (Å²) in [5, 5.41) is 5.84. The zero-order chi connectivity index (χ0) is 17.8. The fourth-order valence-corrected chi connectivity index (χ4v) is 5.04. The standard InChI is InChI=1S/C17H29N3OS2Si/c1-17(2,3)24(4,5)21-9-11-23-22-10-8-20-16-7-6-15(18)12-14(16)13-19-20/h6-7,12-13H,8-11,18H2,1-5H3. The van der Waals surface area contributed by atoms with Crippen LogP contribution < -0.4 is 5.73 Å². The zero-order valence-corrected chi connectivity index (χ0v) is 18.0. The molecule has 2 N–H and O–H groups in total. The van der Waals surface area contributed by atoms with Crippen molar-refractivity contribution >= 4 is 46.5 Å². The Bertz CT molecular complexity index is 667. The largest absolute Gasteiger partial charge is 0.416 e. The minimum atomic E-state index is -1.60. The van der Waals surface area contributed by atoms with Gasteiger partial charge in [0, 0.05) is 29.2 Å². The smallest absolute Gasteiger partial charge is 0.192 e. The van der Waals surface area contributed by atoms with Gasteiger partial charge in [-0.2, -0.15) is 5.10 Å². The summed E-state index contributed by atoms with van der Waals surface area (Å²) < 4.78 is 8.24. The first-order valence-corrected chi connectivity index (χ1v) is 13.7. The maximum absolute atomic E-state index is 6.19. The van der Waals surface area contributed by atoms with Crippen molar-refractivity contribution in [3.05, 3.63) is 24.4 Å². The molecule has 0 radical (unpaired) electrons. The van der Waals surface area contributed by atoms with Crippen LogP contribution in [-0.4, -0.2) is 36.2 Å². The molecule has 0 atom stereocenters. The Kier molecular flexibility index (Phi) is 6.70. The van der Waals surface area contributed by atoms with Crippen molar-refractivity contribution in [1.29, 1.82) is 0 Å². The Morgan fingerprint density at radius 1 is 1.21 bits per heavy atom. The number of fused-ring (bicyclic) bond motifs is 1. The van der Waals surface area contributed by atoms with E-state index in [2.05, 4.69) is 43.6 Å². The summed E-state index contributed by atoms with van der Waals surface area (Å²) in [4.78, 5) is 0. The summed E-state index contributed by atoms with van der Waals surface area (Å²) in [6, 6.07) is 5.95. The molecule has 1 aromatic heterocycles. The van der Waals surface area contributed by atoms with Gasteiger partial charge in [-0.15, -0.1) is 0 Å². The van der Waals surface area contributed by atoms with Crippen LogP contribution >= 0.6 is 21.6 Å². The van der Waals surface area contributed by atoms with Crippen LogP contribution in [0.25, 0.3) is 10.9 Å². The number of aryl methyl sites for hydroxylation is 1. The number of anilines is 1. The third-order valence-corrected chi connectivity index (χ3v) is 11.5. The molecule has 4 nitrogen and oxygen atoms in total. The Labute approximate surface area is 154 Å². The summed E-state index contributed by atoms with van der Waals surface area (Å²) >= 11 is 0. The van der Waals surface area contributed by atoms with Crippen molar-refractivity contribution in [3.63, 3.8) is 0 Å². The fourth-order valence-electron chi connectivity index (χ4n) is 2.07. The lowest BCUT2D eigenvalue weighted by Crippen LogP contribution is -2.41. The molecule has 2 rings (SSSR count). The molecule has 0 aliphatic rings. The minimum Gasteiger partial charge on any atom is -0.416 e. The average Bonchev–Trinajstić information content (AvgIpc) is 2.87. The molecule has 24 heavy (non-hydrogen) atoms. The van der Waals surface area contributed by atoms with Gasteiger partial charge >= 0.3 is 0 Å². The number of nitrogens with zero attached hydrogens (tertiary/aromatic N) is 2. The molecule has 1 aromatic carbocycles. The van der Waals surface area contributed by atoms with Crippen molar-refractivity contribution in [2.24, 2.45) is 0 Å². The number of aromatic nitrogens is 2. The molecule has 0 unspecified atom stereocenters. The highest BCUT2D eigenvalue weighted by molar-refractivity contribution is 8.76. The van der Waals surface area contributed by atoms with Gasteiger partial charge in [0.05, 0.1) is 18.3 Å². The van der Waals surface area contributed by atoms with Crippen LogP contribution in [0.1, 0.15) is 20.8 Å². The maximum Gasteiger partial charge on any atom is 0.192 e. The molecule has 7 heteroatoms. The monoisotopic (exact) mass is 383 g/mol. The highest BCUT2D eigenvalue weighted by atomic mass is 33.1. The SMILES string of the molecule is CC(C)(C)[Si](C)(C)OCCSSCCn1ncc2cc(N)ccc21. The summed E-state index contributed by atoms with van der Waals surface area (Å²) in [7, 11) is 2.18. The lowest BCUT2D eigenvalue weighted by Gasteiger charge is -2.36. The Hall–Kier alpha value is -0.633. The van der Waals surface area contributed by atoms with Crippen molar-refractivity contribution in [3.8, 4) is 0 Å². The lowest BCUT2D eigenvalue weighted by atomic mass is 10.2. The molecule has 0 fully saturated rings. The van der Waals surface area contributed by atoms with Crippen LogP contribution in [0.3, 0.4) is 0 Å². The molecule has 0 spiro atoms. The molecule has 0 amide bonds. The number of hydrogen-bond donors (Lipinski definition) is 1. The van der Waals surface area contributed by atoms with Gasteiger partial charge in [-0.05, 0) is 36.3 Å². The van der Waals surface area contributed by atoms with E-state index >= 15 is 0 Å². The third kappa shape index (κ3) is 5.18. The molecule has 134 valence electrons. The van der Waals surface area contributed by atoms with E-state index in [1.807, 2.05) is 46.0 Å². The van der Waals surface area contributed by atoms with E-state index in [1.165, 1.54) is 0 Å². The number of hydrogen-bond acceptors (Lipinski definition) is 5. The predicted octanol–water partition coefficient (Wildman–Crippen LogP) is 5.02. The van der Waals surface area contributed by atoms with Crippen LogP contribution in [0, 0.1) is 0 Å². The van der Waals surface area contributed by atoms with Gasteiger partial charge in [-0.3, -0.25) is 4.68 Å². The predicted molar refractivity (Wildman–Crippen MR) is 112 cm³/mol. The van der Waals surface area contributed by atoms with Crippen LogP contribution in [0.5, 0.6) is 0 Å². The molecule has 2 aromatic rings.